The van der Waals surface area contributed by atoms with E-state index in [1.165, 1.54) is 6.07 Å². The first-order valence-corrected chi connectivity index (χ1v) is 6.10. The molecule has 0 aliphatic heterocycles. The average Bonchev–Trinajstić information content (AvgIpc) is 2.37. The van der Waals surface area contributed by atoms with Gasteiger partial charge in [-0.2, -0.15) is 0 Å². The minimum atomic E-state index is -0.687. The lowest BCUT2D eigenvalue weighted by atomic mass is 10.2. The molecule has 0 heterocycles. The smallest absolute Gasteiger partial charge is 0.165 e. The first-order valence-electron chi connectivity index (χ1n) is 6.10. The minimum Gasteiger partial charge on any atom is -0.485 e. The summed E-state index contributed by atoms with van der Waals surface area (Å²) in [4.78, 5) is 0. The third-order valence-electron chi connectivity index (χ3n) is 2.72. The molecule has 0 spiro atoms. The number of benzene rings is 2. The molecule has 1 N–H and O–H groups in total. The van der Waals surface area contributed by atoms with Crippen molar-refractivity contribution in [3.63, 3.8) is 0 Å². The van der Waals surface area contributed by atoms with Crippen molar-refractivity contribution in [2.45, 2.75) is 13.2 Å². The molecule has 2 aromatic carbocycles. The summed E-state index contributed by atoms with van der Waals surface area (Å²) in [6.07, 6.45) is 0. The van der Waals surface area contributed by atoms with Gasteiger partial charge in [0.2, 0.25) is 0 Å². The molecule has 2 rings (SSSR count). The Hall–Kier alpha value is -2.01. The van der Waals surface area contributed by atoms with Crippen LogP contribution in [0.1, 0.15) is 11.1 Å². The normalized spacial score (nSPS) is 10.6. The fraction of sp³-hybridized carbons (Fsp3) is 0.200. The summed E-state index contributed by atoms with van der Waals surface area (Å²) in [5.41, 5.74) is 0.950. The second-order valence-electron chi connectivity index (χ2n) is 4.32. The zero-order valence-corrected chi connectivity index (χ0v) is 10.9. The van der Waals surface area contributed by atoms with E-state index < -0.39 is 17.5 Å². The molecule has 0 unspecified atom stereocenters. The van der Waals surface area contributed by atoms with Crippen LogP contribution in [0.2, 0.25) is 0 Å². The average molecular weight is 281 g/mol. The van der Waals surface area contributed by atoms with Crippen LogP contribution in [-0.4, -0.2) is 7.05 Å². The summed E-state index contributed by atoms with van der Waals surface area (Å²) in [6.45, 7) is 0.330. The highest BCUT2D eigenvalue weighted by Crippen LogP contribution is 2.24. The molecule has 106 valence electrons. The molecule has 0 atom stereocenters. The molecule has 0 aliphatic carbocycles. The van der Waals surface area contributed by atoms with Gasteiger partial charge in [-0.05, 0) is 30.8 Å². The van der Waals surface area contributed by atoms with Crippen molar-refractivity contribution < 1.29 is 17.9 Å². The standard InChI is InChI=1S/C15H14F3NO/c1-19-8-11-3-2-4-14(18)15(11)20-9-10-5-12(16)7-13(17)6-10/h2-7,19H,8-9H2,1H3. The molecule has 5 heteroatoms. The van der Waals surface area contributed by atoms with Gasteiger partial charge in [0.25, 0.3) is 0 Å². The lowest BCUT2D eigenvalue weighted by Crippen LogP contribution is -2.09. The number of hydrogen-bond donors (Lipinski definition) is 1. The fourth-order valence-electron chi connectivity index (χ4n) is 1.89. The Labute approximate surface area is 115 Å². The highest BCUT2D eigenvalue weighted by molar-refractivity contribution is 5.35. The molecule has 0 radical (unpaired) electrons. The van der Waals surface area contributed by atoms with Crippen molar-refractivity contribution in [3.8, 4) is 5.75 Å². The van der Waals surface area contributed by atoms with Crippen LogP contribution in [0.5, 0.6) is 5.75 Å². The number of rotatable bonds is 5. The van der Waals surface area contributed by atoms with E-state index in [1.807, 2.05) is 0 Å². The highest BCUT2D eigenvalue weighted by atomic mass is 19.1. The third kappa shape index (κ3) is 3.51. The summed E-state index contributed by atoms with van der Waals surface area (Å²) in [7, 11) is 1.73. The summed E-state index contributed by atoms with van der Waals surface area (Å²) in [5, 5.41) is 2.90. The Balaban J connectivity index is 2.18. The van der Waals surface area contributed by atoms with Crippen molar-refractivity contribution in [1.82, 2.24) is 5.32 Å². The van der Waals surface area contributed by atoms with Crippen molar-refractivity contribution >= 4 is 0 Å². The summed E-state index contributed by atoms with van der Waals surface area (Å²) in [5.74, 6) is -1.79. The number of nitrogens with one attached hydrogen (secondary N) is 1. The predicted molar refractivity (Wildman–Crippen MR) is 69.9 cm³/mol. The van der Waals surface area contributed by atoms with Crippen LogP contribution < -0.4 is 10.1 Å². The first kappa shape index (κ1) is 14.4. The molecule has 20 heavy (non-hydrogen) atoms. The molecule has 0 aliphatic rings. The van der Waals surface area contributed by atoms with Crippen LogP contribution in [0.3, 0.4) is 0 Å². The van der Waals surface area contributed by atoms with E-state index in [2.05, 4.69) is 5.32 Å². The maximum atomic E-state index is 13.7. The Kier molecular flexibility index (Phi) is 4.63. The molecular weight excluding hydrogens is 267 g/mol. The van der Waals surface area contributed by atoms with Gasteiger partial charge in [0, 0.05) is 18.2 Å². The van der Waals surface area contributed by atoms with E-state index in [-0.39, 0.29) is 12.4 Å². The van der Waals surface area contributed by atoms with Gasteiger partial charge in [-0.1, -0.05) is 12.1 Å². The van der Waals surface area contributed by atoms with E-state index in [4.69, 9.17) is 4.74 Å². The SMILES string of the molecule is CNCc1cccc(F)c1OCc1cc(F)cc(F)c1. The van der Waals surface area contributed by atoms with Crippen LogP contribution in [0, 0.1) is 17.5 Å². The Morgan fingerprint density at radius 3 is 2.40 bits per heavy atom. The van der Waals surface area contributed by atoms with Gasteiger partial charge in [-0.25, -0.2) is 13.2 Å². The quantitative estimate of drug-likeness (QED) is 0.907. The van der Waals surface area contributed by atoms with Gasteiger partial charge in [-0.3, -0.25) is 0 Å². The predicted octanol–water partition coefficient (Wildman–Crippen LogP) is 3.40. The Morgan fingerprint density at radius 1 is 1.05 bits per heavy atom. The molecule has 0 amide bonds. The van der Waals surface area contributed by atoms with Gasteiger partial charge in [0.15, 0.2) is 11.6 Å². The third-order valence-corrected chi connectivity index (χ3v) is 2.72. The molecule has 2 nitrogen and oxygen atoms in total. The topological polar surface area (TPSA) is 21.3 Å². The number of para-hydroxylation sites is 1. The van der Waals surface area contributed by atoms with Crippen LogP contribution in [0.15, 0.2) is 36.4 Å². The second-order valence-corrected chi connectivity index (χ2v) is 4.32. The summed E-state index contributed by atoms with van der Waals surface area (Å²) < 4.78 is 45.2. The minimum absolute atomic E-state index is 0.0894. The van der Waals surface area contributed by atoms with E-state index in [0.717, 1.165) is 18.2 Å². The van der Waals surface area contributed by atoms with E-state index in [9.17, 15) is 13.2 Å². The molecule has 0 fully saturated rings. The molecular formula is C15H14F3NO. The monoisotopic (exact) mass is 281 g/mol. The first-order chi connectivity index (χ1) is 9.60. The number of hydrogen-bond acceptors (Lipinski definition) is 2. The maximum Gasteiger partial charge on any atom is 0.165 e. The van der Waals surface area contributed by atoms with E-state index >= 15 is 0 Å². The second kappa shape index (κ2) is 6.43. The van der Waals surface area contributed by atoms with Crippen molar-refractivity contribution in [1.29, 1.82) is 0 Å². The molecule has 2 aromatic rings. The van der Waals surface area contributed by atoms with Crippen molar-refractivity contribution in [2.24, 2.45) is 0 Å². The molecule has 0 bridgehead atoms. The van der Waals surface area contributed by atoms with Gasteiger partial charge in [0.05, 0.1) is 0 Å². The van der Waals surface area contributed by atoms with E-state index in [1.54, 1.807) is 19.2 Å². The molecule has 0 saturated heterocycles. The molecule has 0 aromatic heterocycles. The maximum absolute atomic E-state index is 13.7. The lowest BCUT2D eigenvalue weighted by Gasteiger charge is -2.12. The van der Waals surface area contributed by atoms with Crippen molar-refractivity contribution in [3.05, 3.63) is 65.0 Å². The van der Waals surface area contributed by atoms with Crippen LogP contribution in [-0.2, 0) is 13.2 Å². The summed E-state index contributed by atoms with van der Waals surface area (Å²) in [6, 6.07) is 7.67. The van der Waals surface area contributed by atoms with Gasteiger partial charge in [-0.15, -0.1) is 0 Å². The largest absolute Gasteiger partial charge is 0.485 e. The number of halogens is 3. The van der Waals surface area contributed by atoms with E-state index in [0.29, 0.717) is 17.7 Å². The van der Waals surface area contributed by atoms with Crippen molar-refractivity contribution in [2.75, 3.05) is 7.05 Å². The zero-order chi connectivity index (χ0) is 14.5. The van der Waals surface area contributed by atoms with Crippen LogP contribution in [0.25, 0.3) is 0 Å². The van der Waals surface area contributed by atoms with Gasteiger partial charge < -0.3 is 10.1 Å². The lowest BCUT2D eigenvalue weighted by molar-refractivity contribution is 0.285. The Morgan fingerprint density at radius 2 is 1.75 bits per heavy atom. The Bertz CT molecular complexity index is 581. The highest BCUT2D eigenvalue weighted by Gasteiger charge is 2.10. The van der Waals surface area contributed by atoms with Crippen LogP contribution >= 0.6 is 0 Å². The van der Waals surface area contributed by atoms with Crippen LogP contribution in [0.4, 0.5) is 13.2 Å². The fourth-order valence-corrected chi connectivity index (χ4v) is 1.89. The van der Waals surface area contributed by atoms with Gasteiger partial charge >= 0.3 is 0 Å². The number of ether oxygens (including phenoxy) is 1. The van der Waals surface area contributed by atoms with Gasteiger partial charge in [0.1, 0.15) is 18.2 Å². The molecule has 0 saturated carbocycles. The summed E-state index contributed by atoms with van der Waals surface area (Å²) >= 11 is 0. The zero-order valence-electron chi connectivity index (χ0n) is 10.9.